The molecule has 2 unspecified atom stereocenters. The Labute approximate surface area is 128 Å². The molecule has 1 N–H and O–H groups in total. The van der Waals surface area contributed by atoms with Crippen LogP contribution in [-0.4, -0.2) is 44.8 Å². The highest BCUT2D eigenvalue weighted by atomic mass is 16.6. The molecule has 118 valence electrons. The van der Waals surface area contributed by atoms with Crippen LogP contribution in [0.15, 0.2) is 18.2 Å². The Morgan fingerprint density at radius 3 is 2.38 bits per heavy atom. The monoisotopic (exact) mass is 292 g/mol. The number of fused-ring (bicyclic) bond motifs is 1. The summed E-state index contributed by atoms with van der Waals surface area (Å²) in [4.78, 5) is 2.23. The van der Waals surface area contributed by atoms with Crippen LogP contribution in [0.5, 0.6) is 11.5 Å². The average Bonchev–Trinajstić information content (AvgIpc) is 2.45. The molecule has 0 radical (unpaired) electrons. The van der Waals surface area contributed by atoms with E-state index in [0.29, 0.717) is 25.2 Å². The molecule has 4 nitrogen and oxygen atoms in total. The predicted octanol–water partition coefficient (Wildman–Crippen LogP) is 2.69. The van der Waals surface area contributed by atoms with Crippen LogP contribution in [-0.2, 0) is 0 Å². The molecule has 1 aromatic rings. The van der Waals surface area contributed by atoms with E-state index in [2.05, 4.69) is 57.2 Å². The van der Waals surface area contributed by atoms with Crippen molar-refractivity contribution in [2.45, 2.75) is 32.9 Å². The van der Waals surface area contributed by atoms with Gasteiger partial charge in [-0.15, -0.1) is 0 Å². The molecule has 0 spiro atoms. The summed E-state index contributed by atoms with van der Waals surface area (Å²) in [5, 5.41) is 3.73. The molecule has 0 aromatic heterocycles. The van der Waals surface area contributed by atoms with Gasteiger partial charge in [-0.1, -0.05) is 19.9 Å². The number of likely N-dealkylation sites (N-methyl/N-ethyl adjacent to an activating group) is 1. The lowest BCUT2D eigenvalue weighted by Crippen LogP contribution is -2.43. The fourth-order valence-corrected chi connectivity index (χ4v) is 2.60. The van der Waals surface area contributed by atoms with Crippen molar-refractivity contribution in [2.24, 2.45) is 5.92 Å². The van der Waals surface area contributed by atoms with Crippen molar-refractivity contribution in [3.63, 3.8) is 0 Å². The maximum Gasteiger partial charge on any atom is 0.161 e. The molecule has 0 bridgehead atoms. The van der Waals surface area contributed by atoms with Gasteiger partial charge in [0.25, 0.3) is 0 Å². The Balaban J connectivity index is 2.06. The third kappa shape index (κ3) is 4.35. The van der Waals surface area contributed by atoms with E-state index in [-0.39, 0.29) is 6.04 Å². The maximum absolute atomic E-state index is 5.67. The summed E-state index contributed by atoms with van der Waals surface area (Å²) in [6.45, 7) is 9.03. The van der Waals surface area contributed by atoms with E-state index in [9.17, 15) is 0 Å². The number of rotatable bonds is 6. The van der Waals surface area contributed by atoms with Gasteiger partial charge < -0.3 is 19.7 Å². The number of nitrogens with one attached hydrogen (secondary N) is 1. The van der Waals surface area contributed by atoms with Crippen LogP contribution in [0, 0.1) is 5.92 Å². The second-order valence-electron chi connectivity index (χ2n) is 6.40. The summed E-state index contributed by atoms with van der Waals surface area (Å²) in [6, 6.07) is 6.98. The Hall–Kier alpha value is -1.26. The zero-order chi connectivity index (χ0) is 15.4. The van der Waals surface area contributed by atoms with Gasteiger partial charge in [0.1, 0.15) is 13.2 Å². The van der Waals surface area contributed by atoms with Crippen molar-refractivity contribution in [1.82, 2.24) is 10.2 Å². The normalized spacial score (nSPS) is 17.1. The highest BCUT2D eigenvalue weighted by molar-refractivity contribution is 5.44. The molecule has 0 fully saturated rings. The van der Waals surface area contributed by atoms with Crippen LogP contribution in [0.25, 0.3) is 0 Å². The molecular weight excluding hydrogens is 264 g/mol. The molecule has 0 aliphatic carbocycles. The van der Waals surface area contributed by atoms with Crippen LogP contribution >= 0.6 is 0 Å². The van der Waals surface area contributed by atoms with Crippen molar-refractivity contribution in [2.75, 3.05) is 33.9 Å². The second kappa shape index (κ2) is 7.14. The molecule has 2 rings (SSSR count). The molecule has 0 saturated heterocycles. The first kappa shape index (κ1) is 16.1. The van der Waals surface area contributed by atoms with E-state index in [1.165, 1.54) is 5.56 Å². The lowest BCUT2D eigenvalue weighted by Gasteiger charge is -2.29. The molecule has 1 heterocycles. The van der Waals surface area contributed by atoms with Gasteiger partial charge in [0.05, 0.1) is 0 Å². The molecule has 0 saturated carbocycles. The van der Waals surface area contributed by atoms with Crippen LogP contribution in [0.3, 0.4) is 0 Å². The largest absolute Gasteiger partial charge is 0.486 e. The highest BCUT2D eigenvalue weighted by Crippen LogP contribution is 2.32. The summed E-state index contributed by atoms with van der Waals surface area (Å²) in [7, 11) is 4.23. The smallest absolute Gasteiger partial charge is 0.161 e. The third-order valence-corrected chi connectivity index (χ3v) is 3.90. The molecule has 1 aliphatic heterocycles. The summed E-state index contributed by atoms with van der Waals surface area (Å²) in [5.41, 5.74) is 1.24. The molecule has 1 aliphatic rings. The molecule has 4 heteroatoms. The number of ether oxygens (including phenoxy) is 2. The Morgan fingerprint density at radius 1 is 1.10 bits per heavy atom. The summed E-state index contributed by atoms with van der Waals surface area (Å²) in [6.07, 6.45) is 0. The van der Waals surface area contributed by atoms with E-state index in [0.717, 1.165) is 18.0 Å². The molecule has 2 atom stereocenters. The van der Waals surface area contributed by atoms with Gasteiger partial charge in [-0.05, 0) is 44.6 Å². The van der Waals surface area contributed by atoms with E-state index < -0.39 is 0 Å². The van der Waals surface area contributed by atoms with Crippen molar-refractivity contribution in [1.29, 1.82) is 0 Å². The van der Waals surface area contributed by atoms with Gasteiger partial charge in [0.15, 0.2) is 11.5 Å². The number of hydrogen-bond acceptors (Lipinski definition) is 4. The highest BCUT2D eigenvalue weighted by Gasteiger charge is 2.19. The molecule has 1 aromatic carbocycles. The van der Waals surface area contributed by atoms with Crippen molar-refractivity contribution < 1.29 is 9.47 Å². The second-order valence-corrected chi connectivity index (χ2v) is 6.40. The maximum atomic E-state index is 5.67. The summed E-state index contributed by atoms with van der Waals surface area (Å²) >= 11 is 0. The van der Waals surface area contributed by atoms with E-state index in [1.54, 1.807) is 0 Å². The van der Waals surface area contributed by atoms with Gasteiger partial charge in [-0.2, -0.15) is 0 Å². The Morgan fingerprint density at radius 2 is 1.76 bits per heavy atom. The average molecular weight is 292 g/mol. The fourth-order valence-electron chi connectivity index (χ4n) is 2.60. The third-order valence-electron chi connectivity index (χ3n) is 3.90. The first-order valence-electron chi connectivity index (χ1n) is 7.77. The lowest BCUT2D eigenvalue weighted by molar-refractivity contribution is 0.171. The van der Waals surface area contributed by atoms with Crippen molar-refractivity contribution in [3.05, 3.63) is 23.8 Å². The van der Waals surface area contributed by atoms with Gasteiger partial charge in [0, 0.05) is 18.6 Å². The molecular formula is C17H28N2O2. The van der Waals surface area contributed by atoms with Crippen LogP contribution in [0.2, 0.25) is 0 Å². The van der Waals surface area contributed by atoms with Crippen LogP contribution < -0.4 is 14.8 Å². The summed E-state index contributed by atoms with van der Waals surface area (Å²) < 4.78 is 11.2. The van der Waals surface area contributed by atoms with E-state index in [4.69, 9.17) is 9.47 Å². The van der Waals surface area contributed by atoms with Gasteiger partial charge in [-0.3, -0.25) is 0 Å². The van der Waals surface area contributed by atoms with Gasteiger partial charge >= 0.3 is 0 Å². The minimum absolute atomic E-state index is 0.285. The van der Waals surface area contributed by atoms with E-state index >= 15 is 0 Å². The topological polar surface area (TPSA) is 33.7 Å². The van der Waals surface area contributed by atoms with Gasteiger partial charge in [0.2, 0.25) is 0 Å². The number of nitrogens with zero attached hydrogens (tertiary/aromatic N) is 1. The van der Waals surface area contributed by atoms with E-state index in [1.807, 2.05) is 6.07 Å². The quantitative estimate of drug-likeness (QED) is 0.874. The fraction of sp³-hybridized carbons (Fsp3) is 0.647. The van der Waals surface area contributed by atoms with Crippen LogP contribution in [0.4, 0.5) is 0 Å². The Kier molecular flexibility index (Phi) is 5.48. The minimum Gasteiger partial charge on any atom is -0.486 e. The molecule has 21 heavy (non-hydrogen) atoms. The SMILES string of the molecule is CC(NC(CN(C)C)C(C)C)c1ccc2c(c1)OCCO2. The zero-order valence-electron chi connectivity index (χ0n) is 13.8. The minimum atomic E-state index is 0.285. The first-order valence-corrected chi connectivity index (χ1v) is 7.77. The van der Waals surface area contributed by atoms with Crippen LogP contribution in [0.1, 0.15) is 32.4 Å². The number of benzene rings is 1. The standard InChI is InChI=1S/C17H28N2O2/c1-12(2)15(11-19(4)5)18-13(3)14-6-7-16-17(10-14)21-9-8-20-16/h6-7,10,12-13,15,18H,8-9,11H2,1-5H3. The number of hydrogen-bond donors (Lipinski definition) is 1. The zero-order valence-corrected chi connectivity index (χ0v) is 13.8. The van der Waals surface area contributed by atoms with Crippen molar-refractivity contribution >= 4 is 0 Å². The van der Waals surface area contributed by atoms with Gasteiger partial charge in [-0.25, -0.2) is 0 Å². The molecule has 0 amide bonds. The van der Waals surface area contributed by atoms with Crippen molar-refractivity contribution in [3.8, 4) is 11.5 Å². The first-order chi connectivity index (χ1) is 9.97. The Bertz CT molecular complexity index is 460. The lowest BCUT2D eigenvalue weighted by atomic mass is 10.0. The summed E-state index contributed by atoms with van der Waals surface area (Å²) in [5.74, 6) is 2.30. The predicted molar refractivity (Wildman–Crippen MR) is 86.2 cm³/mol.